The van der Waals surface area contributed by atoms with Crippen LogP contribution in [0.5, 0.6) is 0 Å². The number of benzene rings is 3. The minimum absolute atomic E-state index is 0.985. The predicted octanol–water partition coefficient (Wildman–Crippen LogP) is 0.245. The molecule has 9 heteroatoms. The van der Waals surface area contributed by atoms with Gasteiger partial charge in [-0.2, -0.15) is 4.57 Å². The Balaban J connectivity index is 0.000000527. The van der Waals surface area contributed by atoms with Gasteiger partial charge in [-0.15, -0.1) is 10.2 Å². The average molecular weight is 491 g/mol. The van der Waals surface area contributed by atoms with Crippen molar-refractivity contribution in [2.75, 3.05) is 19.0 Å². The molecule has 8 nitrogen and oxygen atoms in total. The maximum absolute atomic E-state index is 8.49. The van der Waals surface area contributed by atoms with E-state index in [9.17, 15) is 0 Å². The maximum Gasteiger partial charge on any atom is 0.322 e. The molecule has 0 saturated heterocycles. The summed E-state index contributed by atoms with van der Waals surface area (Å²) in [6, 6.07) is 29.3. The van der Waals surface area contributed by atoms with E-state index in [4.69, 9.17) is 23.7 Å². The Morgan fingerprint density at radius 3 is 2.09 bits per heavy atom. The second kappa shape index (κ2) is 10.2. The van der Waals surface area contributed by atoms with Crippen LogP contribution in [0.2, 0.25) is 0 Å². The highest BCUT2D eigenvalue weighted by atomic mass is 35.7. The van der Waals surface area contributed by atoms with Gasteiger partial charge in [0.25, 0.3) is 0 Å². The summed E-state index contributed by atoms with van der Waals surface area (Å²) in [6.45, 7) is 0. The molecule has 3 aromatic carbocycles. The molecule has 0 amide bonds. The fraction of sp³-hybridized carbons (Fsp3) is 0.0769. The van der Waals surface area contributed by atoms with E-state index in [0.29, 0.717) is 0 Å². The normalized spacial score (nSPS) is 11.6. The second-order valence-corrected chi connectivity index (χ2v) is 8.65. The molecule has 0 spiro atoms. The van der Waals surface area contributed by atoms with Gasteiger partial charge in [-0.25, -0.2) is 18.6 Å². The van der Waals surface area contributed by atoms with Gasteiger partial charge in [0.2, 0.25) is 0 Å². The molecule has 5 aromatic rings. The highest BCUT2D eigenvalue weighted by molar-refractivity contribution is 5.91. The second-order valence-electron chi connectivity index (χ2n) is 7.90. The molecule has 2 heterocycles. The van der Waals surface area contributed by atoms with Crippen LogP contribution in [0.4, 0.5) is 5.69 Å². The van der Waals surface area contributed by atoms with Gasteiger partial charge in [-0.05, 0) is 48.0 Å². The quantitative estimate of drug-likeness (QED) is 0.333. The Hall–Kier alpha value is -3.79. The third-order valence-corrected chi connectivity index (χ3v) is 5.31. The van der Waals surface area contributed by atoms with E-state index < -0.39 is 10.2 Å². The number of nitrogens with zero attached hydrogens (tertiary/aromatic N) is 4. The molecule has 0 radical (unpaired) electrons. The number of hydrogen-bond donors (Lipinski definition) is 0. The third-order valence-electron chi connectivity index (χ3n) is 5.31. The van der Waals surface area contributed by atoms with E-state index in [1.54, 1.807) is 0 Å². The van der Waals surface area contributed by atoms with Crippen LogP contribution in [0.15, 0.2) is 91.1 Å². The van der Waals surface area contributed by atoms with Crippen LogP contribution in [-0.4, -0.2) is 23.7 Å². The van der Waals surface area contributed by atoms with E-state index >= 15 is 0 Å². The molecule has 0 aliphatic carbocycles. The summed E-state index contributed by atoms with van der Waals surface area (Å²) in [4.78, 5) is 2.10. The van der Waals surface area contributed by atoms with Gasteiger partial charge in [0.05, 0.1) is 5.39 Å². The minimum atomic E-state index is -4.94. The van der Waals surface area contributed by atoms with E-state index in [1.807, 2.05) is 16.6 Å². The summed E-state index contributed by atoms with van der Waals surface area (Å²) < 4.78 is 38.2. The number of aromatic nitrogens is 3. The summed E-state index contributed by atoms with van der Waals surface area (Å²) in [5.41, 5.74) is 6.54. The van der Waals surface area contributed by atoms with Crippen LogP contribution in [0.1, 0.15) is 11.3 Å². The van der Waals surface area contributed by atoms with Gasteiger partial charge < -0.3 is 4.90 Å². The van der Waals surface area contributed by atoms with Gasteiger partial charge >= 0.3 is 5.65 Å². The fourth-order valence-corrected chi connectivity index (χ4v) is 3.71. The van der Waals surface area contributed by atoms with Gasteiger partial charge in [-0.1, -0.05) is 58.2 Å². The molecule has 178 valence electrons. The Bertz CT molecular complexity index is 1450. The van der Waals surface area contributed by atoms with E-state index in [0.717, 1.165) is 33.5 Å². The van der Waals surface area contributed by atoms with Gasteiger partial charge in [-0.3, -0.25) is 0 Å². The van der Waals surface area contributed by atoms with Crippen LogP contribution in [-0.2, 0) is 0 Å². The van der Waals surface area contributed by atoms with Crippen molar-refractivity contribution in [1.29, 1.82) is 0 Å². The lowest BCUT2D eigenvalue weighted by atomic mass is 10.1. The van der Waals surface area contributed by atoms with Crippen molar-refractivity contribution in [3.05, 3.63) is 102 Å². The Morgan fingerprint density at radius 2 is 1.43 bits per heavy atom. The van der Waals surface area contributed by atoms with Crippen molar-refractivity contribution in [2.45, 2.75) is 0 Å². The van der Waals surface area contributed by atoms with E-state index in [2.05, 4.69) is 115 Å². The van der Waals surface area contributed by atoms with Crippen LogP contribution >= 0.6 is 0 Å². The third kappa shape index (κ3) is 6.02. The summed E-state index contributed by atoms with van der Waals surface area (Å²) in [5, 5.41) is 6.02. The number of rotatable bonds is 4. The topological polar surface area (TPSA) is 117 Å². The monoisotopic (exact) mass is 490 g/mol. The first-order valence-corrected chi connectivity index (χ1v) is 11.9. The Morgan fingerprint density at radius 1 is 0.800 bits per heavy atom. The standard InChI is InChI=1S/C26H23N4.ClHO4/c1-28(2)21-15-12-20(13-16-21)14-17-23-18-19-29(22-8-4-3-5-9-22)26-24-10-6-7-11-25(24)27-30(23)26;2-1(3,4)5/h3-19H,1-2H3;(H,2,3,4,5)/q+1;/p-1. The summed E-state index contributed by atoms with van der Waals surface area (Å²) in [7, 11) is -0.841. The van der Waals surface area contributed by atoms with E-state index in [1.165, 1.54) is 5.69 Å². The first-order valence-electron chi connectivity index (χ1n) is 10.7. The molecule has 35 heavy (non-hydrogen) atoms. The molecule has 0 N–H and O–H groups in total. The van der Waals surface area contributed by atoms with Crippen LogP contribution < -0.4 is 28.1 Å². The maximum atomic E-state index is 8.49. The number of para-hydroxylation sites is 1. The largest absolute Gasteiger partial charge is 0.378 e. The van der Waals surface area contributed by atoms with Crippen molar-refractivity contribution >= 4 is 34.4 Å². The number of halogens is 1. The Kier molecular flexibility index (Phi) is 7.11. The van der Waals surface area contributed by atoms with Crippen LogP contribution in [0.3, 0.4) is 0 Å². The zero-order valence-corrected chi connectivity index (χ0v) is 19.9. The average Bonchev–Trinajstić information content (AvgIpc) is 3.22. The summed E-state index contributed by atoms with van der Waals surface area (Å²) >= 11 is 0. The van der Waals surface area contributed by atoms with Gasteiger partial charge in [0.15, 0.2) is 5.69 Å². The molecule has 0 unspecified atom stereocenters. The predicted molar refractivity (Wildman–Crippen MR) is 124 cm³/mol. The minimum Gasteiger partial charge on any atom is -0.378 e. The molecule has 5 rings (SSSR count). The molecule has 2 aromatic heterocycles. The van der Waals surface area contributed by atoms with E-state index in [-0.39, 0.29) is 0 Å². The number of hydrogen-bond acceptors (Lipinski definition) is 6. The zero-order valence-electron chi connectivity index (χ0n) is 19.1. The SMILES string of the molecule is CN(C)c1ccc(/C=C/c2cc[n+](-c3ccccc3)c3c4ccccc4nn23)cc1.[O-][Cl+3]([O-])([O-])[O-]. The highest BCUT2D eigenvalue weighted by Gasteiger charge is 2.20. The zero-order chi connectivity index (χ0) is 25.0. The first-order chi connectivity index (χ1) is 16.7. The summed E-state index contributed by atoms with van der Waals surface area (Å²) in [6.07, 6.45) is 6.37. The number of fused-ring (bicyclic) bond motifs is 3. The van der Waals surface area contributed by atoms with Crippen molar-refractivity contribution < 1.29 is 33.4 Å². The van der Waals surface area contributed by atoms with Crippen molar-refractivity contribution in [3.63, 3.8) is 0 Å². The molecule has 0 atom stereocenters. The van der Waals surface area contributed by atoms with Crippen molar-refractivity contribution in [2.24, 2.45) is 0 Å². The molecule has 0 bridgehead atoms. The first kappa shape index (κ1) is 24.3. The van der Waals surface area contributed by atoms with Crippen molar-refractivity contribution in [3.8, 4) is 5.69 Å². The van der Waals surface area contributed by atoms with Crippen LogP contribution in [0, 0.1) is 10.2 Å². The molecule has 0 saturated carbocycles. The lowest BCUT2D eigenvalue weighted by Crippen LogP contribution is -2.68. The summed E-state index contributed by atoms with van der Waals surface area (Å²) in [5.74, 6) is 0. The van der Waals surface area contributed by atoms with Crippen molar-refractivity contribution in [1.82, 2.24) is 9.61 Å². The molecule has 0 aliphatic heterocycles. The molecular weight excluding hydrogens is 468 g/mol. The Labute approximate surface area is 204 Å². The smallest absolute Gasteiger partial charge is 0.322 e. The molecular formula is C26H23ClN4O4. The van der Waals surface area contributed by atoms with Crippen LogP contribution in [0.25, 0.3) is 34.4 Å². The molecule has 0 aliphatic rings. The lowest BCUT2D eigenvalue weighted by molar-refractivity contribution is -2.00. The lowest BCUT2D eigenvalue weighted by Gasteiger charge is -2.17. The fourth-order valence-electron chi connectivity index (χ4n) is 3.71. The van der Waals surface area contributed by atoms with Gasteiger partial charge in [0, 0.05) is 25.8 Å². The number of anilines is 1. The van der Waals surface area contributed by atoms with Gasteiger partial charge in [0.1, 0.15) is 17.4 Å². The molecule has 0 fully saturated rings. The highest BCUT2D eigenvalue weighted by Crippen LogP contribution is 2.20.